The van der Waals surface area contributed by atoms with Crippen molar-refractivity contribution in [2.75, 3.05) is 11.9 Å². The molecule has 1 aliphatic carbocycles. The van der Waals surface area contributed by atoms with Crippen molar-refractivity contribution in [2.24, 2.45) is 0 Å². The molecule has 4 rings (SSSR count). The first-order chi connectivity index (χ1) is 12.1. The van der Waals surface area contributed by atoms with Crippen LogP contribution in [0.15, 0.2) is 42.5 Å². The highest BCUT2D eigenvalue weighted by molar-refractivity contribution is 6.11. The van der Waals surface area contributed by atoms with E-state index in [0.717, 1.165) is 28.5 Å². The van der Waals surface area contributed by atoms with Crippen molar-refractivity contribution >= 4 is 34.3 Å². The lowest BCUT2D eigenvalue weighted by molar-refractivity contribution is -0.133. The van der Waals surface area contributed by atoms with Crippen LogP contribution in [0.4, 0.5) is 10.5 Å². The standard InChI is InChI=1S/C19H19N3O3/c23-16(20-15-9-5-7-13-6-1-2-8-14(13)15)12-22-17(24)19(21-18(22)25)10-3-4-11-19/h1-2,5-9H,3-4,10-12H2,(H,20,23)(H,21,25). The number of nitrogens with one attached hydrogen (secondary N) is 2. The lowest BCUT2D eigenvalue weighted by Crippen LogP contribution is -2.44. The van der Waals surface area contributed by atoms with E-state index in [1.807, 2.05) is 42.5 Å². The molecular weight excluding hydrogens is 318 g/mol. The third kappa shape index (κ3) is 2.63. The summed E-state index contributed by atoms with van der Waals surface area (Å²) in [5.41, 5.74) is -0.109. The number of rotatable bonds is 3. The first-order valence-electron chi connectivity index (χ1n) is 8.51. The average Bonchev–Trinajstić information content (AvgIpc) is 3.16. The molecule has 2 aliphatic rings. The number of carbonyl (C=O) groups excluding carboxylic acids is 3. The summed E-state index contributed by atoms with van der Waals surface area (Å²) in [7, 11) is 0. The summed E-state index contributed by atoms with van der Waals surface area (Å²) >= 11 is 0. The van der Waals surface area contributed by atoms with Crippen LogP contribution in [0.2, 0.25) is 0 Å². The van der Waals surface area contributed by atoms with Gasteiger partial charge in [0, 0.05) is 11.1 Å². The number of urea groups is 1. The molecule has 0 unspecified atom stereocenters. The number of hydrogen-bond acceptors (Lipinski definition) is 3. The molecule has 128 valence electrons. The second-order valence-corrected chi connectivity index (χ2v) is 6.69. The molecule has 2 fully saturated rings. The van der Waals surface area contributed by atoms with Gasteiger partial charge in [-0.2, -0.15) is 0 Å². The minimum Gasteiger partial charge on any atom is -0.324 e. The van der Waals surface area contributed by atoms with Gasteiger partial charge in [-0.15, -0.1) is 0 Å². The van der Waals surface area contributed by atoms with Crippen molar-refractivity contribution in [3.05, 3.63) is 42.5 Å². The predicted molar refractivity (Wildman–Crippen MR) is 94.0 cm³/mol. The van der Waals surface area contributed by atoms with Crippen molar-refractivity contribution in [3.8, 4) is 0 Å². The molecule has 0 atom stereocenters. The van der Waals surface area contributed by atoms with E-state index in [4.69, 9.17) is 0 Å². The van der Waals surface area contributed by atoms with E-state index in [1.54, 1.807) is 0 Å². The van der Waals surface area contributed by atoms with Gasteiger partial charge in [0.05, 0.1) is 0 Å². The Balaban J connectivity index is 1.51. The van der Waals surface area contributed by atoms with Gasteiger partial charge in [0.25, 0.3) is 5.91 Å². The van der Waals surface area contributed by atoms with Gasteiger partial charge in [-0.1, -0.05) is 49.2 Å². The second-order valence-electron chi connectivity index (χ2n) is 6.69. The molecule has 0 bridgehead atoms. The average molecular weight is 337 g/mol. The monoisotopic (exact) mass is 337 g/mol. The Bertz CT molecular complexity index is 866. The molecule has 0 aromatic heterocycles. The Kier molecular flexibility index (Phi) is 3.67. The van der Waals surface area contributed by atoms with E-state index in [0.29, 0.717) is 18.5 Å². The van der Waals surface area contributed by atoms with Crippen LogP contribution < -0.4 is 10.6 Å². The number of nitrogens with zero attached hydrogens (tertiary/aromatic N) is 1. The molecule has 1 saturated heterocycles. The number of benzene rings is 2. The number of amides is 4. The van der Waals surface area contributed by atoms with Crippen molar-refractivity contribution < 1.29 is 14.4 Å². The zero-order valence-electron chi connectivity index (χ0n) is 13.7. The molecule has 2 aromatic rings. The van der Waals surface area contributed by atoms with Crippen LogP contribution >= 0.6 is 0 Å². The number of hydrogen-bond donors (Lipinski definition) is 2. The molecular formula is C19H19N3O3. The van der Waals surface area contributed by atoms with Gasteiger partial charge in [-0.05, 0) is 24.3 Å². The summed E-state index contributed by atoms with van der Waals surface area (Å²) in [6, 6.07) is 12.9. The van der Waals surface area contributed by atoms with Crippen LogP contribution in [0.1, 0.15) is 25.7 Å². The molecule has 1 spiro atoms. The number of anilines is 1. The van der Waals surface area contributed by atoms with E-state index >= 15 is 0 Å². The molecule has 6 nitrogen and oxygen atoms in total. The van der Waals surface area contributed by atoms with E-state index < -0.39 is 11.6 Å². The topological polar surface area (TPSA) is 78.5 Å². The Labute approximate surface area is 145 Å². The quantitative estimate of drug-likeness (QED) is 0.845. The second kappa shape index (κ2) is 5.88. The van der Waals surface area contributed by atoms with E-state index in [1.165, 1.54) is 0 Å². The third-order valence-electron chi connectivity index (χ3n) is 5.07. The zero-order chi connectivity index (χ0) is 17.4. The molecule has 2 N–H and O–H groups in total. The van der Waals surface area contributed by atoms with Crippen molar-refractivity contribution in [1.82, 2.24) is 10.2 Å². The van der Waals surface area contributed by atoms with Crippen LogP contribution in [0.3, 0.4) is 0 Å². The summed E-state index contributed by atoms with van der Waals surface area (Å²) in [4.78, 5) is 38.2. The van der Waals surface area contributed by atoms with E-state index in [2.05, 4.69) is 10.6 Å². The van der Waals surface area contributed by atoms with Gasteiger partial charge in [0.1, 0.15) is 12.1 Å². The van der Waals surface area contributed by atoms with Crippen LogP contribution in [0.5, 0.6) is 0 Å². The Morgan fingerprint density at radius 2 is 1.80 bits per heavy atom. The van der Waals surface area contributed by atoms with Gasteiger partial charge < -0.3 is 10.6 Å². The molecule has 6 heteroatoms. The summed E-state index contributed by atoms with van der Waals surface area (Å²) in [6.07, 6.45) is 3.14. The Morgan fingerprint density at radius 1 is 1.08 bits per heavy atom. The van der Waals surface area contributed by atoms with Crippen LogP contribution in [0.25, 0.3) is 10.8 Å². The maximum absolute atomic E-state index is 12.6. The van der Waals surface area contributed by atoms with Gasteiger partial charge in [-0.3, -0.25) is 14.5 Å². The highest BCUT2D eigenvalue weighted by Crippen LogP contribution is 2.35. The summed E-state index contributed by atoms with van der Waals surface area (Å²) in [5, 5.41) is 7.54. The van der Waals surface area contributed by atoms with Crippen LogP contribution in [-0.4, -0.2) is 34.8 Å². The minimum absolute atomic E-state index is 0.268. The van der Waals surface area contributed by atoms with Gasteiger partial charge in [-0.25, -0.2) is 4.79 Å². The fourth-order valence-electron chi connectivity index (χ4n) is 3.80. The van der Waals surface area contributed by atoms with Gasteiger partial charge in [0.15, 0.2) is 0 Å². The molecule has 1 saturated carbocycles. The molecule has 25 heavy (non-hydrogen) atoms. The fraction of sp³-hybridized carbons (Fsp3) is 0.316. The fourth-order valence-corrected chi connectivity index (χ4v) is 3.80. The zero-order valence-corrected chi connectivity index (χ0v) is 13.7. The summed E-state index contributed by atoms with van der Waals surface area (Å²) < 4.78 is 0. The normalized spacial score (nSPS) is 18.8. The first-order valence-corrected chi connectivity index (χ1v) is 8.51. The predicted octanol–water partition coefficient (Wildman–Crippen LogP) is 2.64. The first kappa shape index (κ1) is 15.6. The number of carbonyl (C=O) groups is 3. The molecule has 1 heterocycles. The highest BCUT2D eigenvalue weighted by Gasteiger charge is 2.52. The minimum atomic E-state index is -0.781. The molecule has 0 radical (unpaired) electrons. The number of fused-ring (bicyclic) bond motifs is 1. The van der Waals surface area contributed by atoms with Crippen LogP contribution in [0, 0.1) is 0 Å². The largest absolute Gasteiger partial charge is 0.325 e. The molecule has 4 amide bonds. The smallest absolute Gasteiger partial charge is 0.324 e. The van der Waals surface area contributed by atoms with E-state index in [9.17, 15) is 14.4 Å². The third-order valence-corrected chi connectivity index (χ3v) is 5.07. The lowest BCUT2D eigenvalue weighted by atomic mass is 9.98. The maximum Gasteiger partial charge on any atom is 0.325 e. The van der Waals surface area contributed by atoms with E-state index in [-0.39, 0.29) is 18.4 Å². The summed E-state index contributed by atoms with van der Waals surface area (Å²) in [6.45, 7) is -0.268. The maximum atomic E-state index is 12.6. The molecule has 2 aromatic carbocycles. The lowest BCUT2D eigenvalue weighted by Gasteiger charge is -2.19. The highest BCUT2D eigenvalue weighted by atomic mass is 16.2. The van der Waals surface area contributed by atoms with Gasteiger partial charge >= 0.3 is 6.03 Å². The van der Waals surface area contributed by atoms with Crippen molar-refractivity contribution in [3.63, 3.8) is 0 Å². The van der Waals surface area contributed by atoms with Crippen LogP contribution in [-0.2, 0) is 9.59 Å². The van der Waals surface area contributed by atoms with Crippen molar-refractivity contribution in [2.45, 2.75) is 31.2 Å². The summed E-state index contributed by atoms with van der Waals surface area (Å²) in [5.74, 6) is -0.655. The number of imide groups is 1. The Morgan fingerprint density at radius 3 is 2.60 bits per heavy atom. The van der Waals surface area contributed by atoms with Gasteiger partial charge in [0.2, 0.25) is 5.91 Å². The SMILES string of the molecule is O=C(CN1C(=O)NC2(CCCC2)C1=O)Nc1cccc2ccccc12. The Hall–Kier alpha value is -2.89. The van der Waals surface area contributed by atoms with Crippen molar-refractivity contribution in [1.29, 1.82) is 0 Å². The molecule has 1 aliphatic heterocycles.